The molecule has 0 spiro atoms. The fourth-order valence-corrected chi connectivity index (χ4v) is 4.36. The molecule has 1 saturated heterocycles. The molecule has 11 heteroatoms. The number of urea groups is 1. The predicted octanol–water partition coefficient (Wildman–Crippen LogP) is 4.43. The van der Waals surface area contributed by atoms with Crippen LogP contribution < -0.4 is 25.0 Å². The highest BCUT2D eigenvalue weighted by atomic mass is 127. The Bertz CT molecular complexity index is 1450. The summed E-state index contributed by atoms with van der Waals surface area (Å²) < 4.78 is 24.7. The Morgan fingerprint density at radius 1 is 1.08 bits per heavy atom. The van der Waals surface area contributed by atoms with Crippen molar-refractivity contribution in [1.82, 2.24) is 5.32 Å². The van der Waals surface area contributed by atoms with Gasteiger partial charge in [-0.15, -0.1) is 0 Å². The number of imide groups is 2. The van der Waals surface area contributed by atoms with Crippen LogP contribution in [0.5, 0.6) is 11.5 Å². The molecule has 194 valence electrons. The van der Waals surface area contributed by atoms with Gasteiger partial charge in [-0.1, -0.05) is 17.7 Å². The number of carbonyl (C=O) groups is 4. The van der Waals surface area contributed by atoms with Crippen LogP contribution in [0.1, 0.15) is 11.1 Å². The molecule has 1 heterocycles. The molecule has 38 heavy (non-hydrogen) atoms. The number of hydrogen-bond donors (Lipinski definition) is 2. The number of hydrogen-bond acceptors (Lipinski definition) is 6. The van der Waals surface area contributed by atoms with Crippen molar-refractivity contribution in [2.24, 2.45) is 0 Å². The molecule has 0 saturated carbocycles. The first-order chi connectivity index (χ1) is 18.2. The zero-order valence-corrected chi connectivity index (χ0v) is 22.4. The van der Waals surface area contributed by atoms with Crippen molar-refractivity contribution < 1.29 is 33.0 Å². The van der Waals surface area contributed by atoms with Crippen LogP contribution in [-0.4, -0.2) is 37.5 Å². The minimum atomic E-state index is -0.837. The highest BCUT2D eigenvalue weighted by Crippen LogP contribution is 2.35. The second kappa shape index (κ2) is 11.4. The Morgan fingerprint density at radius 2 is 1.76 bits per heavy atom. The van der Waals surface area contributed by atoms with Crippen LogP contribution in [0.4, 0.5) is 20.6 Å². The van der Waals surface area contributed by atoms with E-state index >= 15 is 0 Å². The van der Waals surface area contributed by atoms with E-state index in [-0.39, 0.29) is 23.7 Å². The van der Waals surface area contributed by atoms with E-state index in [0.29, 0.717) is 20.5 Å². The van der Waals surface area contributed by atoms with E-state index in [1.54, 1.807) is 30.3 Å². The van der Waals surface area contributed by atoms with Gasteiger partial charge in [-0.05, 0) is 89.7 Å². The van der Waals surface area contributed by atoms with E-state index in [2.05, 4.69) is 10.6 Å². The maximum Gasteiger partial charge on any atom is 0.335 e. The van der Waals surface area contributed by atoms with E-state index in [9.17, 15) is 23.6 Å². The lowest BCUT2D eigenvalue weighted by Gasteiger charge is -2.26. The second-order valence-corrected chi connectivity index (χ2v) is 9.33. The van der Waals surface area contributed by atoms with Gasteiger partial charge < -0.3 is 14.8 Å². The Morgan fingerprint density at radius 3 is 2.42 bits per heavy atom. The van der Waals surface area contributed by atoms with Gasteiger partial charge in [0.1, 0.15) is 11.4 Å². The van der Waals surface area contributed by atoms with E-state index < -0.39 is 29.6 Å². The highest BCUT2D eigenvalue weighted by molar-refractivity contribution is 14.1. The molecule has 0 unspecified atom stereocenters. The fourth-order valence-electron chi connectivity index (χ4n) is 3.58. The van der Waals surface area contributed by atoms with Gasteiger partial charge >= 0.3 is 6.03 Å². The predicted molar refractivity (Wildman–Crippen MR) is 146 cm³/mol. The smallest absolute Gasteiger partial charge is 0.335 e. The average molecular weight is 629 g/mol. The Balaban J connectivity index is 1.55. The molecular weight excluding hydrogens is 608 g/mol. The van der Waals surface area contributed by atoms with E-state index in [0.717, 1.165) is 10.5 Å². The summed E-state index contributed by atoms with van der Waals surface area (Å²) in [7, 11) is 1.41. The number of halogens is 2. The number of carbonyl (C=O) groups excluding carboxylic acids is 4. The zero-order chi connectivity index (χ0) is 27.4. The van der Waals surface area contributed by atoms with Crippen LogP contribution in [0.2, 0.25) is 0 Å². The number of ether oxygens (including phenoxy) is 2. The standard InChI is InChI=1S/C27H21FIN3O6/c1-15-3-9-19(10-4-15)32-26(35)20(25(34)31-27(32)36)11-16-12-21(29)24(22(13-16)37-2)38-14-23(33)30-18-7-5-17(28)6-8-18/h3-13H,14H2,1-2H3,(H,30,33)(H,31,34,36)/b20-11+. The van der Waals surface area contributed by atoms with Crippen LogP contribution in [0.25, 0.3) is 6.08 Å². The number of benzene rings is 3. The topological polar surface area (TPSA) is 114 Å². The molecule has 2 N–H and O–H groups in total. The molecule has 5 amide bonds. The Kier molecular flexibility index (Phi) is 8.05. The lowest BCUT2D eigenvalue weighted by atomic mass is 10.1. The van der Waals surface area contributed by atoms with Crippen LogP contribution in [0.15, 0.2) is 66.2 Å². The van der Waals surface area contributed by atoms with Crippen LogP contribution >= 0.6 is 22.6 Å². The molecule has 4 rings (SSSR count). The van der Waals surface area contributed by atoms with E-state index in [4.69, 9.17) is 9.47 Å². The summed E-state index contributed by atoms with van der Waals surface area (Å²) in [5.41, 5.74) is 1.88. The van der Waals surface area contributed by atoms with Crippen LogP contribution in [0.3, 0.4) is 0 Å². The third-order valence-electron chi connectivity index (χ3n) is 5.43. The lowest BCUT2D eigenvalue weighted by Crippen LogP contribution is -2.54. The molecule has 1 aliphatic heterocycles. The number of rotatable bonds is 7. The minimum absolute atomic E-state index is 0.240. The van der Waals surface area contributed by atoms with Crippen molar-refractivity contribution in [3.8, 4) is 11.5 Å². The summed E-state index contributed by atoms with van der Waals surface area (Å²) in [6.07, 6.45) is 1.35. The highest BCUT2D eigenvalue weighted by Gasteiger charge is 2.36. The van der Waals surface area contributed by atoms with Crippen molar-refractivity contribution in [1.29, 1.82) is 0 Å². The first kappa shape index (κ1) is 26.8. The summed E-state index contributed by atoms with van der Waals surface area (Å²) >= 11 is 1.98. The van der Waals surface area contributed by atoms with Crippen molar-refractivity contribution in [2.45, 2.75) is 6.92 Å². The van der Waals surface area contributed by atoms with Gasteiger partial charge in [0.25, 0.3) is 17.7 Å². The number of anilines is 2. The molecule has 0 bridgehead atoms. The quantitative estimate of drug-likeness (QED) is 0.227. The van der Waals surface area contributed by atoms with Crippen molar-refractivity contribution >= 4 is 63.8 Å². The van der Waals surface area contributed by atoms with Crippen molar-refractivity contribution in [2.75, 3.05) is 23.9 Å². The molecule has 3 aromatic carbocycles. The molecule has 0 aliphatic carbocycles. The molecule has 1 fully saturated rings. The average Bonchev–Trinajstić information content (AvgIpc) is 2.88. The number of amides is 5. The molecule has 1 aliphatic rings. The SMILES string of the molecule is COc1cc(/C=C2\C(=O)NC(=O)N(c3ccc(C)cc3)C2=O)cc(I)c1OCC(=O)Nc1ccc(F)cc1. The third-order valence-corrected chi connectivity index (χ3v) is 6.23. The summed E-state index contributed by atoms with van der Waals surface area (Å²) in [5.74, 6) is -1.94. The number of barbiturate groups is 1. The Labute approximate surface area is 230 Å². The van der Waals surface area contributed by atoms with Gasteiger partial charge in [0.15, 0.2) is 18.1 Å². The fraction of sp³-hybridized carbons (Fsp3) is 0.111. The first-order valence-corrected chi connectivity index (χ1v) is 12.3. The second-order valence-electron chi connectivity index (χ2n) is 8.17. The van der Waals surface area contributed by atoms with Gasteiger partial charge in [0.05, 0.1) is 16.4 Å². The summed E-state index contributed by atoms with van der Waals surface area (Å²) in [6, 6.07) is 14.4. The maximum absolute atomic E-state index is 13.1. The normalized spacial score (nSPS) is 14.4. The number of nitrogens with zero attached hydrogens (tertiary/aromatic N) is 1. The lowest BCUT2D eigenvalue weighted by molar-refractivity contribution is -0.122. The largest absolute Gasteiger partial charge is 0.493 e. The third kappa shape index (κ3) is 5.99. The van der Waals surface area contributed by atoms with Gasteiger partial charge in [-0.2, -0.15) is 0 Å². The molecule has 0 atom stereocenters. The van der Waals surface area contributed by atoms with Gasteiger partial charge in [0, 0.05) is 5.69 Å². The first-order valence-electron chi connectivity index (χ1n) is 11.2. The maximum atomic E-state index is 13.1. The molecular formula is C27H21FIN3O6. The number of methoxy groups -OCH3 is 1. The molecule has 9 nitrogen and oxygen atoms in total. The zero-order valence-electron chi connectivity index (χ0n) is 20.2. The molecule has 3 aromatic rings. The van der Waals surface area contributed by atoms with Crippen molar-refractivity contribution in [3.05, 3.63) is 86.8 Å². The summed E-state index contributed by atoms with van der Waals surface area (Å²) in [5, 5.41) is 4.79. The van der Waals surface area contributed by atoms with Crippen molar-refractivity contribution in [3.63, 3.8) is 0 Å². The molecule has 0 radical (unpaired) electrons. The monoisotopic (exact) mass is 629 g/mol. The van der Waals surface area contributed by atoms with Gasteiger partial charge in [0.2, 0.25) is 0 Å². The van der Waals surface area contributed by atoms with E-state index in [1.807, 2.05) is 29.5 Å². The summed E-state index contributed by atoms with van der Waals surface area (Å²) in [4.78, 5) is 51.3. The van der Waals surface area contributed by atoms with Crippen LogP contribution in [-0.2, 0) is 14.4 Å². The summed E-state index contributed by atoms with van der Waals surface area (Å²) in [6.45, 7) is 1.52. The minimum Gasteiger partial charge on any atom is -0.493 e. The molecule has 0 aromatic heterocycles. The number of nitrogens with one attached hydrogen (secondary N) is 2. The van der Waals surface area contributed by atoms with Crippen LogP contribution in [0, 0.1) is 16.3 Å². The Hall–Kier alpha value is -4.26. The number of aryl methyl sites for hydroxylation is 1. The van der Waals surface area contributed by atoms with Gasteiger partial charge in [-0.3, -0.25) is 19.7 Å². The van der Waals surface area contributed by atoms with E-state index in [1.165, 1.54) is 43.5 Å². The van der Waals surface area contributed by atoms with Gasteiger partial charge in [-0.25, -0.2) is 14.1 Å².